The molecule has 0 saturated heterocycles. The summed E-state index contributed by atoms with van der Waals surface area (Å²) in [4.78, 5) is 26.0. The molecular formula is C23H29NO4. The van der Waals surface area contributed by atoms with E-state index < -0.39 is 17.7 Å². The molecule has 2 rings (SSSR count). The van der Waals surface area contributed by atoms with Crippen LogP contribution in [0.2, 0.25) is 0 Å². The Hall–Kier alpha value is -2.66. The third-order valence-electron chi connectivity index (χ3n) is 4.03. The predicted octanol–water partition coefficient (Wildman–Crippen LogP) is 4.77. The SMILES string of the molecule is CC(C)(C)OC(=O)N(CCCOCc1ccccc1)C(C=O)c1ccccc1. The molecule has 0 saturated carbocycles. The fourth-order valence-electron chi connectivity index (χ4n) is 2.75. The van der Waals surface area contributed by atoms with Crippen LogP contribution in [0.3, 0.4) is 0 Å². The minimum atomic E-state index is -0.690. The average Bonchev–Trinajstić information content (AvgIpc) is 2.67. The van der Waals surface area contributed by atoms with Gasteiger partial charge in [0.25, 0.3) is 0 Å². The minimum absolute atomic E-state index is 0.363. The predicted molar refractivity (Wildman–Crippen MR) is 109 cm³/mol. The molecule has 0 bridgehead atoms. The van der Waals surface area contributed by atoms with Crippen molar-refractivity contribution in [3.63, 3.8) is 0 Å². The van der Waals surface area contributed by atoms with Crippen LogP contribution in [-0.2, 0) is 20.9 Å². The van der Waals surface area contributed by atoms with Crippen molar-refractivity contribution in [1.82, 2.24) is 4.90 Å². The molecule has 0 N–H and O–H groups in total. The Morgan fingerprint density at radius 1 is 1.04 bits per heavy atom. The van der Waals surface area contributed by atoms with Gasteiger partial charge in [-0.3, -0.25) is 4.90 Å². The van der Waals surface area contributed by atoms with Gasteiger partial charge in [0.05, 0.1) is 6.61 Å². The van der Waals surface area contributed by atoms with Crippen LogP contribution in [0.1, 0.15) is 44.4 Å². The Balaban J connectivity index is 1.99. The summed E-state index contributed by atoms with van der Waals surface area (Å²) >= 11 is 0. The fraction of sp³-hybridized carbons (Fsp3) is 0.391. The van der Waals surface area contributed by atoms with E-state index in [0.717, 1.165) is 17.4 Å². The molecule has 0 aromatic heterocycles. The third-order valence-corrected chi connectivity index (χ3v) is 4.03. The van der Waals surface area contributed by atoms with E-state index in [0.29, 0.717) is 26.2 Å². The summed E-state index contributed by atoms with van der Waals surface area (Å²) in [7, 11) is 0. The summed E-state index contributed by atoms with van der Waals surface area (Å²) in [6, 6.07) is 18.5. The van der Waals surface area contributed by atoms with Gasteiger partial charge in [-0.25, -0.2) is 4.79 Å². The van der Waals surface area contributed by atoms with Gasteiger partial charge >= 0.3 is 6.09 Å². The maximum Gasteiger partial charge on any atom is 0.411 e. The highest BCUT2D eigenvalue weighted by Crippen LogP contribution is 2.22. The molecule has 1 amide bonds. The number of aldehydes is 1. The van der Waals surface area contributed by atoms with E-state index in [1.165, 1.54) is 4.90 Å². The zero-order valence-corrected chi connectivity index (χ0v) is 16.8. The number of nitrogens with zero attached hydrogens (tertiary/aromatic N) is 1. The second-order valence-corrected chi connectivity index (χ2v) is 7.56. The molecule has 5 nitrogen and oxygen atoms in total. The number of hydrogen-bond donors (Lipinski definition) is 0. The van der Waals surface area contributed by atoms with Crippen LogP contribution in [-0.4, -0.2) is 36.0 Å². The van der Waals surface area contributed by atoms with Gasteiger partial charge in [-0.05, 0) is 38.3 Å². The Kier molecular flexibility index (Phi) is 8.20. The zero-order chi connectivity index (χ0) is 20.4. The van der Waals surface area contributed by atoms with E-state index in [-0.39, 0.29) is 0 Å². The van der Waals surface area contributed by atoms with Crippen molar-refractivity contribution in [2.24, 2.45) is 0 Å². The van der Waals surface area contributed by atoms with Gasteiger partial charge in [-0.2, -0.15) is 0 Å². The molecule has 0 spiro atoms. The molecule has 150 valence electrons. The molecule has 0 aliphatic heterocycles. The van der Waals surface area contributed by atoms with Gasteiger partial charge < -0.3 is 14.3 Å². The Bertz CT molecular complexity index is 725. The maximum atomic E-state index is 12.7. The molecule has 1 atom stereocenters. The molecule has 5 heteroatoms. The average molecular weight is 383 g/mol. The normalized spacial score (nSPS) is 12.2. The van der Waals surface area contributed by atoms with Crippen molar-refractivity contribution in [2.45, 2.75) is 45.4 Å². The number of hydrogen-bond acceptors (Lipinski definition) is 4. The zero-order valence-electron chi connectivity index (χ0n) is 16.8. The van der Waals surface area contributed by atoms with Gasteiger partial charge in [0.2, 0.25) is 0 Å². The van der Waals surface area contributed by atoms with E-state index >= 15 is 0 Å². The molecule has 0 aliphatic rings. The lowest BCUT2D eigenvalue weighted by Gasteiger charge is -2.31. The second kappa shape index (κ2) is 10.6. The molecule has 0 fully saturated rings. The highest BCUT2D eigenvalue weighted by molar-refractivity contribution is 5.75. The van der Waals surface area contributed by atoms with Crippen LogP contribution in [0.5, 0.6) is 0 Å². The van der Waals surface area contributed by atoms with Gasteiger partial charge in [-0.1, -0.05) is 60.7 Å². The standard InChI is InChI=1S/C23H29NO4/c1-23(2,3)28-22(26)24(21(17-25)20-13-8-5-9-14-20)15-10-16-27-18-19-11-6-4-7-12-19/h4-9,11-14,17,21H,10,15-16,18H2,1-3H3. The van der Waals surface area contributed by atoms with Crippen molar-refractivity contribution in [3.05, 3.63) is 71.8 Å². The number of rotatable bonds is 9. The number of benzene rings is 2. The third kappa shape index (κ3) is 7.16. The number of carbonyl (C=O) groups excluding carboxylic acids is 2. The smallest absolute Gasteiger partial charge is 0.411 e. The summed E-state index contributed by atoms with van der Waals surface area (Å²) in [5.74, 6) is 0. The quantitative estimate of drug-likeness (QED) is 0.462. The van der Waals surface area contributed by atoms with E-state index in [2.05, 4.69) is 0 Å². The van der Waals surface area contributed by atoms with Crippen LogP contribution in [0.4, 0.5) is 4.79 Å². The first-order chi connectivity index (χ1) is 13.4. The summed E-state index contributed by atoms with van der Waals surface area (Å²) < 4.78 is 11.2. The van der Waals surface area contributed by atoms with Crippen LogP contribution in [0, 0.1) is 0 Å². The molecule has 0 aliphatic carbocycles. The Morgan fingerprint density at radius 3 is 2.21 bits per heavy atom. The maximum absolute atomic E-state index is 12.7. The van der Waals surface area contributed by atoms with Crippen molar-refractivity contribution >= 4 is 12.4 Å². The lowest BCUT2D eigenvalue weighted by molar-refractivity contribution is -0.112. The van der Waals surface area contributed by atoms with Crippen LogP contribution in [0.15, 0.2) is 60.7 Å². The molecule has 2 aromatic carbocycles. The molecule has 0 radical (unpaired) electrons. The first kappa shape index (κ1) is 21.6. The number of amides is 1. The lowest BCUT2D eigenvalue weighted by Crippen LogP contribution is -2.40. The lowest BCUT2D eigenvalue weighted by atomic mass is 10.1. The summed E-state index contributed by atoms with van der Waals surface area (Å²) in [6.45, 7) is 6.79. The van der Waals surface area contributed by atoms with Crippen molar-refractivity contribution < 1.29 is 19.1 Å². The van der Waals surface area contributed by atoms with Gasteiger partial charge in [-0.15, -0.1) is 0 Å². The van der Waals surface area contributed by atoms with Crippen molar-refractivity contribution in [1.29, 1.82) is 0 Å². The highest BCUT2D eigenvalue weighted by atomic mass is 16.6. The first-order valence-electron chi connectivity index (χ1n) is 9.52. The van der Waals surface area contributed by atoms with Crippen molar-refractivity contribution in [3.8, 4) is 0 Å². The van der Waals surface area contributed by atoms with Crippen LogP contribution < -0.4 is 0 Å². The fourth-order valence-corrected chi connectivity index (χ4v) is 2.75. The topological polar surface area (TPSA) is 55.8 Å². The molecule has 0 heterocycles. The van der Waals surface area contributed by atoms with Crippen LogP contribution >= 0.6 is 0 Å². The highest BCUT2D eigenvalue weighted by Gasteiger charge is 2.28. The molecule has 2 aromatic rings. The summed E-state index contributed by atoms with van der Waals surface area (Å²) in [5.41, 5.74) is 1.22. The first-order valence-corrected chi connectivity index (χ1v) is 9.52. The second-order valence-electron chi connectivity index (χ2n) is 7.56. The van der Waals surface area contributed by atoms with Crippen molar-refractivity contribution in [2.75, 3.05) is 13.2 Å². The van der Waals surface area contributed by atoms with E-state index in [4.69, 9.17) is 9.47 Å². The van der Waals surface area contributed by atoms with E-state index in [9.17, 15) is 9.59 Å². The van der Waals surface area contributed by atoms with Crippen LogP contribution in [0.25, 0.3) is 0 Å². The molecule has 28 heavy (non-hydrogen) atoms. The van der Waals surface area contributed by atoms with E-state index in [1.807, 2.05) is 81.4 Å². The van der Waals surface area contributed by atoms with E-state index in [1.54, 1.807) is 0 Å². The Labute approximate surface area is 167 Å². The van der Waals surface area contributed by atoms with Gasteiger partial charge in [0.1, 0.15) is 17.9 Å². The Morgan fingerprint density at radius 2 is 1.64 bits per heavy atom. The summed E-state index contributed by atoms with van der Waals surface area (Å²) in [5, 5.41) is 0. The molecular weight excluding hydrogens is 354 g/mol. The number of ether oxygens (including phenoxy) is 2. The van der Waals surface area contributed by atoms with Gasteiger partial charge in [0, 0.05) is 13.2 Å². The minimum Gasteiger partial charge on any atom is -0.444 e. The monoisotopic (exact) mass is 383 g/mol. The summed E-state index contributed by atoms with van der Waals surface area (Å²) in [6.07, 6.45) is 0.879. The largest absolute Gasteiger partial charge is 0.444 e. The van der Waals surface area contributed by atoms with Gasteiger partial charge in [0.15, 0.2) is 0 Å². The molecule has 1 unspecified atom stereocenters. The number of carbonyl (C=O) groups is 2.